The Labute approximate surface area is 120 Å². The Morgan fingerprint density at radius 2 is 2.05 bits per heavy atom. The predicted molar refractivity (Wildman–Crippen MR) is 79.0 cm³/mol. The number of rotatable bonds is 5. The van der Waals surface area contributed by atoms with Crippen molar-refractivity contribution in [2.45, 2.75) is 51.5 Å². The molecule has 1 N–H and O–H groups in total. The van der Waals surface area contributed by atoms with Gasteiger partial charge in [-0.05, 0) is 24.9 Å². The topological polar surface area (TPSA) is 12.0 Å². The average molecular weight is 284 g/mol. The van der Waals surface area contributed by atoms with Crippen molar-refractivity contribution in [1.82, 2.24) is 5.32 Å². The molecule has 0 spiro atoms. The average Bonchev–Trinajstić information content (AvgIpc) is 2.43. The molecule has 106 valence electrons. The van der Waals surface area contributed by atoms with Crippen LogP contribution in [-0.4, -0.2) is 6.54 Å². The van der Waals surface area contributed by atoms with Gasteiger partial charge in [-0.15, -0.1) is 0 Å². The van der Waals surface area contributed by atoms with Crippen molar-refractivity contribution in [3.05, 3.63) is 34.6 Å². The van der Waals surface area contributed by atoms with Gasteiger partial charge in [-0.1, -0.05) is 62.8 Å². The maximum atomic E-state index is 14.2. The van der Waals surface area contributed by atoms with E-state index in [9.17, 15) is 4.39 Å². The van der Waals surface area contributed by atoms with Crippen LogP contribution in [0.15, 0.2) is 18.2 Å². The normalized spacial score (nSPS) is 18.5. The summed E-state index contributed by atoms with van der Waals surface area (Å²) in [6, 6.07) is 5.40. The van der Waals surface area contributed by atoms with Crippen molar-refractivity contribution >= 4 is 11.6 Å². The maximum absolute atomic E-state index is 14.2. The quantitative estimate of drug-likeness (QED) is 0.793. The zero-order valence-corrected chi connectivity index (χ0v) is 12.3. The van der Waals surface area contributed by atoms with E-state index in [0.717, 1.165) is 24.4 Å². The van der Waals surface area contributed by atoms with Crippen LogP contribution in [0.4, 0.5) is 4.39 Å². The van der Waals surface area contributed by atoms with Crippen LogP contribution in [0.5, 0.6) is 0 Å². The number of halogens is 2. The molecule has 1 aromatic rings. The second-order valence-electron chi connectivity index (χ2n) is 5.49. The molecule has 1 fully saturated rings. The van der Waals surface area contributed by atoms with Crippen molar-refractivity contribution < 1.29 is 4.39 Å². The van der Waals surface area contributed by atoms with Gasteiger partial charge in [-0.25, -0.2) is 4.39 Å². The lowest BCUT2D eigenvalue weighted by Crippen LogP contribution is -2.25. The van der Waals surface area contributed by atoms with Gasteiger partial charge in [0.25, 0.3) is 0 Å². The lowest BCUT2D eigenvalue weighted by molar-refractivity contribution is 0.298. The minimum atomic E-state index is -0.258. The van der Waals surface area contributed by atoms with E-state index in [1.165, 1.54) is 32.1 Å². The van der Waals surface area contributed by atoms with E-state index >= 15 is 0 Å². The summed E-state index contributed by atoms with van der Waals surface area (Å²) < 4.78 is 14.2. The van der Waals surface area contributed by atoms with E-state index in [4.69, 9.17) is 11.6 Å². The van der Waals surface area contributed by atoms with Crippen molar-refractivity contribution in [3.63, 3.8) is 0 Å². The molecule has 1 saturated carbocycles. The molecule has 0 aliphatic heterocycles. The highest BCUT2D eigenvalue weighted by Gasteiger charge is 2.22. The molecule has 1 aromatic carbocycles. The smallest absolute Gasteiger partial charge is 0.146 e. The molecular weight excluding hydrogens is 261 g/mol. The fraction of sp³-hybridized carbons (Fsp3) is 0.625. The van der Waals surface area contributed by atoms with Gasteiger partial charge in [-0.3, -0.25) is 0 Å². The molecule has 2 rings (SSSR count). The van der Waals surface area contributed by atoms with Gasteiger partial charge in [0, 0.05) is 11.6 Å². The molecule has 0 bridgehead atoms. The minimum Gasteiger partial charge on any atom is -0.310 e. The summed E-state index contributed by atoms with van der Waals surface area (Å²) in [5.74, 6) is 0.460. The highest BCUT2D eigenvalue weighted by Crippen LogP contribution is 2.33. The first-order valence-electron chi connectivity index (χ1n) is 7.39. The second-order valence-corrected chi connectivity index (χ2v) is 5.90. The molecule has 1 nitrogen and oxygen atoms in total. The summed E-state index contributed by atoms with van der Waals surface area (Å²) in [7, 11) is 0. The summed E-state index contributed by atoms with van der Waals surface area (Å²) >= 11 is 5.90. The van der Waals surface area contributed by atoms with Crippen molar-refractivity contribution in [3.8, 4) is 0 Å². The van der Waals surface area contributed by atoms with E-state index in [-0.39, 0.29) is 16.9 Å². The Morgan fingerprint density at radius 3 is 2.74 bits per heavy atom. The fourth-order valence-corrected chi connectivity index (χ4v) is 3.29. The molecule has 19 heavy (non-hydrogen) atoms. The fourth-order valence-electron chi connectivity index (χ4n) is 3.11. The largest absolute Gasteiger partial charge is 0.310 e. The van der Waals surface area contributed by atoms with Gasteiger partial charge in [0.15, 0.2) is 0 Å². The first-order chi connectivity index (χ1) is 9.22. The van der Waals surface area contributed by atoms with Gasteiger partial charge < -0.3 is 5.32 Å². The maximum Gasteiger partial charge on any atom is 0.146 e. The molecule has 0 amide bonds. The van der Waals surface area contributed by atoms with Crippen molar-refractivity contribution in [1.29, 1.82) is 0 Å². The molecular formula is C16H23ClFN. The third-order valence-electron chi connectivity index (χ3n) is 4.10. The zero-order chi connectivity index (χ0) is 13.7. The molecule has 1 atom stereocenters. The van der Waals surface area contributed by atoms with E-state index in [0.29, 0.717) is 0 Å². The van der Waals surface area contributed by atoms with Crippen LogP contribution < -0.4 is 5.32 Å². The van der Waals surface area contributed by atoms with Gasteiger partial charge in [0.2, 0.25) is 0 Å². The molecule has 3 heteroatoms. The van der Waals surface area contributed by atoms with Crippen LogP contribution in [0, 0.1) is 11.7 Å². The van der Waals surface area contributed by atoms with E-state index < -0.39 is 0 Å². The summed E-state index contributed by atoms with van der Waals surface area (Å²) in [5.41, 5.74) is 0.722. The first-order valence-corrected chi connectivity index (χ1v) is 7.77. The van der Waals surface area contributed by atoms with Crippen molar-refractivity contribution in [2.75, 3.05) is 6.54 Å². The lowest BCUT2D eigenvalue weighted by Gasteiger charge is -2.27. The molecule has 0 saturated heterocycles. The third kappa shape index (κ3) is 3.93. The van der Waals surface area contributed by atoms with Crippen LogP contribution >= 0.6 is 11.6 Å². The van der Waals surface area contributed by atoms with Crippen LogP contribution in [-0.2, 0) is 0 Å². The van der Waals surface area contributed by atoms with Gasteiger partial charge >= 0.3 is 0 Å². The highest BCUT2D eigenvalue weighted by atomic mass is 35.5. The molecule has 1 aliphatic rings. The zero-order valence-electron chi connectivity index (χ0n) is 11.6. The van der Waals surface area contributed by atoms with Crippen molar-refractivity contribution in [2.24, 2.45) is 5.92 Å². The number of hydrogen-bond acceptors (Lipinski definition) is 1. The molecule has 0 heterocycles. The lowest BCUT2D eigenvalue weighted by atomic mass is 9.83. The van der Waals surface area contributed by atoms with Crippen LogP contribution in [0.25, 0.3) is 0 Å². The number of benzene rings is 1. The van der Waals surface area contributed by atoms with Crippen LogP contribution in [0.1, 0.15) is 57.1 Å². The Balaban J connectivity index is 2.11. The minimum absolute atomic E-state index is 0.0896. The monoisotopic (exact) mass is 283 g/mol. The Bertz CT molecular complexity index is 402. The second kappa shape index (κ2) is 7.25. The number of nitrogens with one attached hydrogen (secondary N) is 1. The highest BCUT2D eigenvalue weighted by molar-refractivity contribution is 6.30. The molecule has 1 aliphatic carbocycles. The molecule has 0 radical (unpaired) electrons. The molecule has 1 unspecified atom stereocenters. The summed E-state index contributed by atoms with van der Waals surface area (Å²) in [4.78, 5) is 0. The van der Waals surface area contributed by atoms with E-state index in [1.54, 1.807) is 6.07 Å². The standard InChI is InChI=1S/C16H23ClFN/c1-2-19-15(11-12-7-4-3-5-8-12)13-9-6-10-14(17)16(13)18/h6,9-10,12,15,19H,2-5,7-8,11H2,1H3. The Hall–Kier alpha value is -0.600. The number of hydrogen-bond donors (Lipinski definition) is 1. The summed E-state index contributed by atoms with van der Waals surface area (Å²) in [6.45, 7) is 2.92. The van der Waals surface area contributed by atoms with E-state index in [2.05, 4.69) is 12.2 Å². The van der Waals surface area contributed by atoms with Gasteiger partial charge in [0.05, 0.1) is 5.02 Å². The Kier molecular flexibility index (Phi) is 5.65. The van der Waals surface area contributed by atoms with E-state index in [1.807, 2.05) is 12.1 Å². The van der Waals surface area contributed by atoms with Gasteiger partial charge in [0.1, 0.15) is 5.82 Å². The third-order valence-corrected chi connectivity index (χ3v) is 4.39. The first kappa shape index (κ1) is 14.8. The Morgan fingerprint density at radius 1 is 1.32 bits per heavy atom. The SMILES string of the molecule is CCNC(CC1CCCCC1)c1cccc(Cl)c1F. The summed E-state index contributed by atoms with van der Waals surface area (Å²) in [5, 5.41) is 3.64. The van der Waals surface area contributed by atoms with Crippen LogP contribution in [0.3, 0.4) is 0 Å². The molecule has 0 aromatic heterocycles. The van der Waals surface area contributed by atoms with Gasteiger partial charge in [-0.2, -0.15) is 0 Å². The van der Waals surface area contributed by atoms with Crippen LogP contribution in [0.2, 0.25) is 5.02 Å². The predicted octanol–water partition coefficient (Wildman–Crippen LogP) is 5.10. The summed E-state index contributed by atoms with van der Waals surface area (Å²) in [6.07, 6.45) is 7.58.